The molecule has 0 heterocycles. The Morgan fingerprint density at radius 2 is 1.54 bits per heavy atom. The summed E-state index contributed by atoms with van der Waals surface area (Å²) in [5.41, 5.74) is 3.48. The van der Waals surface area contributed by atoms with Gasteiger partial charge in [-0.05, 0) is 62.4 Å². The number of ether oxygens (including phenoxy) is 1. The molecule has 0 aliphatic carbocycles. The first kappa shape index (κ1) is 22.0. The van der Waals surface area contributed by atoms with Crippen LogP contribution in [-0.2, 0) is 11.3 Å². The highest BCUT2D eigenvalue weighted by atomic mass is 16.5. The summed E-state index contributed by atoms with van der Waals surface area (Å²) in [6, 6.07) is 15.6. The van der Waals surface area contributed by atoms with Crippen molar-refractivity contribution < 1.29 is 9.53 Å². The van der Waals surface area contributed by atoms with Crippen molar-refractivity contribution in [3.8, 4) is 5.75 Å². The third-order valence-corrected chi connectivity index (χ3v) is 4.37. The summed E-state index contributed by atoms with van der Waals surface area (Å²) in [6.07, 6.45) is 1.09. The summed E-state index contributed by atoms with van der Waals surface area (Å²) in [6.45, 7) is 14.1. The quantitative estimate of drug-likeness (QED) is 0.650. The van der Waals surface area contributed by atoms with Gasteiger partial charge in [-0.2, -0.15) is 0 Å². The maximum Gasteiger partial charge on any atom is 0.262 e. The number of nitrogens with one attached hydrogen (secondary N) is 2. The summed E-state index contributed by atoms with van der Waals surface area (Å²) < 4.78 is 5.60. The Bertz CT molecular complexity index is 757. The molecule has 0 fully saturated rings. The first-order valence-corrected chi connectivity index (χ1v) is 9.86. The third kappa shape index (κ3) is 8.13. The molecule has 0 saturated carbocycles. The molecule has 1 amide bonds. The molecule has 0 saturated heterocycles. The number of hydrogen-bond acceptors (Lipinski definition) is 3. The standard InChI is InChI=1S/C24H34N2O2/c1-18-7-11-20(12-8-18)26-22(27)16-28-21-13-9-19(10-14-21)15-25-24(5,6)17-23(2,3)4/h7-14,25H,15-17H2,1-6H3,(H,26,27). The van der Waals surface area contributed by atoms with Gasteiger partial charge in [0.05, 0.1) is 0 Å². The Labute approximate surface area is 169 Å². The predicted molar refractivity (Wildman–Crippen MR) is 117 cm³/mol. The smallest absolute Gasteiger partial charge is 0.262 e. The van der Waals surface area contributed by atoms with E-state index in [0.717, 1.165) is 24.2 Å². The Kier molecular flexibility index (Phi) is 7.25. The SMILES string of the molecule is Cc1ccc(NC(=O)COc2ccc(CNC(C)(C)CC(C)(C)C)cc2)cc1. The highest BCUT2D eigenvalue weighted by Crippen LogP contribution is 2.27. The molecule has 0 radical (unpaired) electrons. The minimum absolute atomic E-state index is 0.00983. The molecule has 0 atom stereocenters. The largest absolute Gasteiger partial charge is 0.484 e. The molecule has 152 valence electrons. The van der Waals surface area contributed by atoms with E-state index in [1.54, 1.807) is 0 Å². The van der Waals surface area contributed by atoms with Crippen LogP contribution in [0.5, 0.6) is 5.75 Å². The van der Waals surface area contributed by atoms with Crippen LogP contribution in [0.4, 0.5) is 5.69 Å². The highest BCUT2D eigenvalue weighted by Gasteiger charge is 2.24. The molecule has 2 N–H and O–H groups in total. The zero-order valence-corrected chi connectivity index (χ0v) is 18.1. The number of carbonyl (C=O) groups excluding carboxylic acids is 1. The molecule has 0 aromatic heterocycles. The van der Waals surface area contributed by atoms with Gasteiger partial charge < -0.3 is 15.4 Å². The Morgan fingerprint density at radius 1 is 0.929 bits per heavy atom. The van der Waals surface area contributed by atoms with Crippen molar-refractivity contribution in [3.63, 3.8) is 0 Å². The maximum absolute atomic E-state index is 12.0. The fraction of sp³-hybridized carbons (Fsp3) is 0.458. The average molecular weight is 383 g/mol. The van der Waals surface area contributed by atoms with Crippen LogP contribution < -0.4 is 15.4 Å². The summed E-state index contributed by atoms with van der Waals surface area (Å²) in [4.78, 5) is 12.0. The number of carbonyl (C=O) groups is 1. The Hall–Kier alpha value is -2.33. The lowest BCUT2D eigenvalue weighted by Gasteiger charge is -2.33. The zero-order valence-electron chi connectivity index (χ0n) is 18.1. The fourth-order valence-corrected chi connectivity index (χ4v) is 3.42. The number of aryl methyl sites for hydroxylation is 1. The molecule has 0 spiro atoms. The lowest BCUT2D eigenvalue weighted by molar-refractivity contribution is -0.118. The van der Waals surface area contributed by atoms with Crippen molar-refractivity contribution in [2.75, 3.05) is 11.9 Å². The highest BCUT2D eigenvalue weighted by molar-refractivity contribution is 5.91. The topological polar surface area (TPSA) is 50.4 Å². The van der Waals surface area contributed by atoms with Crippen LogP contribution in [-0.4, -0.2) is 18.1 Å². The number of amides is 1. The Morgan fingerprint density at radius 3 is 2.11 bits per heavy atom. The molecule has 4 nitrogen and oxygen atoms in total. The first-order chi connectivity index (χ1) is 13.0. The van der Waals surface area contributed by atoms with Crippen molar-refractivity contribution >= 4 is 11.6 Å². The second-order valence-electron chi connectivity index (χ2n) is 9.32. The molecule has 4 heteroatoms. The van der Waals surface area contributed by atoms with Crippen molar-refractivity contribution in [2.45, 2.75) is 60.0 Å². The van der Waals surface area contributed by atoms with Gasteiger partial charge >= 0.3 is 0 Å². The molecule has 2 aromatic rings. The molecule has 0 unspecified atom stereocenters. The van der Waals surface area contributed by atoms with Crippen LogP contribution in [0.2, 0.25) is 0 Å². The van der Waals surface area contributed by atoms with E-state index in [0.29, 0.717) is 5.75 Å². The van der Waals surface area contributed by atoms with Crippen LogP contribution in [0.3, 0.4) is 0 Å². The number of rotatable bonds is 8. The van der Waals surface area contributed by atoms with Gasteiger partial charge in [-0.1, -0.05) is 50.6 Å². The van der Waals surface area contributed by atoms with Gasteiger partial charge in [0.1, 0.15) is 5.75 Å². The summed E-state index contributed by atoms with van der Waals surface area (Å²) in [5, 5.41) is 6.46. The molecule has 0 bridgehead atoms. The van der Waals surface area contributed by atoms with Crippen LogP contribution in [0.25, 0.3) is 0 Å². The molecule has 2 rings (SSSR count). The van der Waals surface area contributed by atoms with E-state index in [9.17, 15) is 4.79 Å². The van der Waals surface area contributed by atoms with E-state index in [-0.39, 0.29) is 23.5 Å². The van der Waals surface area contributed by atoms with Gasteiger partial charge in [0.2, 0.25) is 0 Å². The van der Waals surface area contributed by atoms with E-state index in [1.807, 2.05) is 55.5 Å². The van der Waals surface area contributed by atoms with Gasteiger partial charge in [0, 0.05) is 17.8 Å². The van der Waals surface area contributed by atoms with E-state index in [2.05, 4.69) is 45.3 Å². The molecule has 0 aliphatic heterocycles. The van der Waals surface area contributed by atoms with Crippen molar-refractivity contribution in [1.29, 1.82) is 0 Å². The monoisotopic (exact) mass is 382 g/mol. The minimum Gasteiger partial charge on any atom is -0.484 e. The zero-order chi connectivity index (χ0) is 20.8. The molecule has 2 aromatic carbocycles. The van der Waals surface area contributed by atoms with Crippen molar-refractivity contribution in [3.05, 3.63) is 59.7 Å². The van der Waals surface area contributed by atoms with Crippen molar-refractivity contribution in [1.82, 2.24) is 5.32 Å². The third-order valence-electron chi connectivity index (χ3n) is 4.37. The minimum atomic E-state index is -0.168. The van der Waals surface area contributed by atoms with E-state index in [4.69, 9.17) is 4.74 Å². The fourth-order valence-electron chi connectivity index (χ4n) is 3.42. The van der Waals surface area contributed by atoms with E-state index >= 15 is 0 Å². The summed E-state index contributed by atoms with van der Waals surface area (Å²) in [5.74, 6) is 0.523. The predicted octanol–water partition coefficient (Wildman–Crippen LogP) is 5.32. The van der Waals surface area contributed by atoms with Crippen LogP contribution >= 0.6 is 0 Å². The van der Waals surface area contributed by atoms with Gasteiger partial charge in [0.15, 0.2) is 6.61 Å². The summed E-state index contributed by atoms with van der Waals surface area (Å²) >= 11 is 0. The first-order valence-electron chi connectivity index (χ1n) is 9.86. The molecular weight excluding hydrogens is 348 g/mol. The normalized spacial score (nSPS) is 11.9. The lowest BCUT2D eigenvalue weighted by Crippen LogP contribution is -2.41. The van der Waals surface area contributed by atoms with Crippen molar-refractivity contribution in [2.24, 2.45) is 5.41 Å². The number of benzene rings is 2. The number of anilines is 1. The lowest BCUT2D eigenvalue weighted by atomic mass is 9.82. The van der Waals surface area contributed by atoms with Crippen LogP contribution in [0, 0.1) is 12.3 Å². The van der Waals surface area contributed by atoms with E-state index < -0.39 is 0 Å². The van der Waals surface area contributed by atoms with Crippen LogP contribution in [0.15, 0.2) is 48.5 Å². The molecule has 0 aliphatic rings. The van der Waals surface area contributed by atoms with Gasteiger partial charge in [-0.25, -0.2) is 0 Å². The van der Waals surface area contributed by atoms with Gasteiger partial charge in [-0.3, -0.25) is 4.79 Å². The maximum atomic E-state index is 12.0. The number of hydrogen-bond donors (Lipinski definition) is 2. The van der Waals surface area contributed by atoms with Gasteiger partial charge in [0.25, 0.3) is 5.91 Å². The molecular formula is C24H34N2O2. The summed E-state index contributed by atoms with van der Waals surface area (Å²) in [7, 11) is 0. The average Bonchev–Trinajstić information content (AvgIpc) is 2.59. The van der Waals surface area contributed by atoms with Crippen LogP contribution in [0.1, 0.15) is 52.2 Å². The second kappa shape index (κ2) is 9.24. The second-order valence-corrected chi connectivity index (χ2v) is 9.32. The van der Waals surface area contributed by atoms with Gasteiger partial charge in [-0.15, -0.1) is 0 Å². The van der Waals surface area contributed by atoms with E-state index in [1.165, 1.54) is 5.56 Å². The molecule has 28 heavy (non-hydrogen) atoms. The Balaban J connectivity index is 1.79.